The summed E-state index contributed by atoms with van der Waals surface area (Å²) < 4.78 is 36.4. The highest BCUT2D eigenvalue weighted by molar-refractivity contribution is 7.89. The Kier molecular flexibility index (Phi) is 7.42. The molecule has 0 saturated carbocycles. The Morgan fingerprint density at radius 1 is 1.30 bits per heavy atom. The fourth-order valence-corrected chi connectivity index (χ4v) is 2.80. The molecule has 1 aromatic carbocycles. The van der Waals surface area contributed by atoms with Crippen LogP contribution in [0.15, 0.2) is 23.1 Å². The maximum atomic E-state index is 12.0. The van der Waals surface area contributed by atoms with Crippen molar-refractivity contribution in [3.8, 4) is 0 Å². The smallest absolute Gasteiger partial charge is 0.240 e. The van der Waals surface area contributed by atoms with Gasteiger partial charge in [-0.15, -0.1) is 0 Å². The van der Waals surface area contributed by atoms with E-state index >= 15 is 0 Å². The summed E-state index contributed by atoms with van der Waals surface area (Å²) in [5.74, 6) is 0. The molecule has 0 aliphatic carbocycles. The lowest BCUT2D eigenvalue weighted by molar-refractivity contribution is 0.0736. The van der Waals surface area contributed by atoms with Crippen LogP contribution in [0.2, 0.25) is 5.02 Å². The molecule has 1 rings (SSSR count). The first-order valence-corrected chi connectivity index (χ1v) is 7.92. The summed E-state index contributed by atoms with van der Waals surface area (Å²) in [6.45, 7) is 1.62. The molecule has 0 aromatic heterocycles. The number of halogens is 1. The molecule has 1 aromatic rings. The predicted octanol–water partition coefficient (Wildman–Crippen LogP) is 0.740. The molecule has 0 aliphatic rings. The van der Waals surface area contributed by atoms with Crippen LogP contribution >= 0.6 is 11.6 Å². The van der Waals surface area contributed by atoms with Gasteiger partial charge in [-0.05, 0) is 17.7 Å². The molecule has 114 valence electrons. The van der Waals surface area contributed by atoms with E-state index < -0.39 is 10.0 Å². The quantitative estimate of drug-likeness (QED) is 0.654. The lowest BCUT2D eigenvalue weighted by Crippen LogP contribution is -2.28. The highest BCUT2D eigenvalue weighted by Gasteiger charge is 2.14. The Morgan fingerprint density at radius 2 is 2.05 bits per heavy atom. The molecule has 3 N–H and O–H groups in total. The molecule has 20 heavy (non-hydrogen) atoms. The summed E-state index contributed by atoms with van der Waals surface area (Å²) in [6, 6.07) is 4.46. The average molecular weight is 323 g/mol. The molecule has 8 heteroatoms. The normalized spacial score (nSPS) is 11.8. The fraction of sp³-hybridized carbons (Fsp3) is 0.500. The first kappa shape index (κ1) is 17.4. The second kappa shape index (κ2) is 8.56. The summed E-state index contributed by atoms with van der Waals surface area (Å²) in [6.07, 6.45) is 0. The highest BCUT2D eigenvalue weighted by Crippen LogP contribution is 2.20. The number of sulfonamides is 1. The van der Waals surface area contributed by atoms with E-state index in [4.69, 9.17) is 26.8 Å². The third kappa shape index (κ3) is 5.35. The largest absolute Gasteiger partial charge is 0.382 e. The Bertz CT molecular complexity index is 522. The lowest BCUT2D eigenvalue weighted by Gasteiger charge is -2.09. The number of benzene rings is 1. The predicted molar refractivity (Wildman–Crippen MR) is 77.2 cm³/mol. The van der Waals surface area contributed by atoms with Crippen LogP contribution in [-0.4, -0.2) is 41.9 Å². The van der Waals surface area contributed by atoms with E-state index in [1.54, 1.807) is 13.2 Å². The molecular weight excluding hydrogens is 304 g/mol. The van der Waals surface area contributed by atoms with E-state index in [1.165, 1.54) is 12.1 Å². The van der Waals surface area contributed by atoms with Gasteiger partial charge in [0.2, 0.25) is 10.0 Å². The molecular formula is C12H19ClN2O4S. The minimum Gasteiger partial charge on any atom is -0.382 e. The van der Waals surface area contributed by atoms with Crippen LogP contribution in [0.1, 0.15) is 5.56 Å². The summed E-state index contributed by atoms with van der Waals surface area (Å²) >= 11 is 5.94. The van der Waals surface area contributed by atoms with Crippen molar-refractivity contribution in [1.82, 2.24) is 4.72 Å². The van der Waals surface area contributed by atoms with E-state index in [9.17, 15) is 8.42 Å². The van der Waals surface area contributed by atoms with Gasteiger partial charge in [-0.3, -0.25) is 0 Å². The maximum absolute atomic E-state index is 12.0. The van der Waals surface area contributed by atoms with Gasteiger partial charge in [-0.1, -0.05) is 17.7 Å². The Labute approximate surface area is 124 Å². The van der Waals surface area contributed by atoms with E-state index in [0.717, 1.165) is 0 Å². The second-order valence-corrected chi connectivity index (χ2v) is 6.13. The third-order valence-electron chi connectivity index (χ3n) is 2.53. The number of ether oxygens (including phenoxy) is 2. The Morgan fingerprint density at radius 3 is 2.65 bits per heavy atom. The third-order valence-corrected chi connectivity index (χ3v) is 4.34. The van der Waals surface area contributed by atoms with Crippen LogP contribution < -0.4 is 10.5 Å². The van der Waals surface area contributed by atoms with Gasteiger partial charge in [0.1, 0.15) is 0 Å². The molecule has 0 atom stereocenters. The van der Waals surface area contributed by atoms with Crippen LogP contribution in [0.25, 0.3) is 0 Å². The number of rotatable bonds is 9. The second-order valence-electron chi connectivity index (χ2n) is 3.96. The van der Waals surface area contributed by atoms with Crippen molar-refractivity contribution in [1.29, 1.82) is 0 Å². The monoisotopic (exact) mass is 322 g/mol. The van der Waals surface area contributed by atoms with E-state index in [-0.39, 0.29) is 24.6 Å². The minimum atomic E-state index is -3.59. The first-order valence-electron chi connectivity index (χ1n) is 6.06. The zero-order valence-electron chi connectivity index (χ0n) is 11.3. The average Bonchev–Trinajstić information content (AvgIpc) is 2.42. The molecule has 0 amide bonds. The maximum Gasteiger partial charge on any atom is 0.240 e. The van der Waals surface area contributed by atoms with Crippen LogP contribution in [0.4, 0.5) is 0 Å². The van der Waals surface area contributed by atoms with Gasteiger partial charge in [-0.25, -0.2) is 13.1 Å². The van der Waals surface area contributed by atoms with Crippen molar-refractivity contribution in [2.75, 3.05) is 33.5 Å². The number of nitrogens with one attached hydrogen (secondary N) is 1. The lowest BCUT2D eigenvalue weighted by atomic mass is 10.2. The molecule has 0 radical (unpaired) electrons. The van der Waals surface area contributed by atoms with Gasteiger partial charge < -0.3 is 15.2 Å². The van der Waals surface area contributed by atoms with Crippen molar-refractivity contribution in [2.45, 2.75) is 11.4 Å². The Hall–Kier alpha value is -0.700. The summed E-state index contributed by atoms with van der Waals surface area (Å²) in [4.78, 5) is 0.108. The van der Waals surface area contributed by atoms with Crippen molar-refractivity contribution in [3.63, 3.8) is 0 Å². The van der Waals surface area contributed by atoms with E-state index in [2.05, 4.69) is 4.72 Å². The van der Waals surface area contributed by atoms with E-state index in [0.29, 0.717) is 23.8 Å². The highest BCUT2D eigenvalue weighted by atomic mass is 35.5. The van der Waals surface area contributed by atoms with Crippen molar-refractivity contribution >= 4 is 21.6 Å². The zero-order valence-corrected chi connectivity index (χ0v) is 12.8. The molecule has 0 aliphatic heterocycles. The fourth-order valence-electron chi connectivity index (χ4n) is 1.44. The molecule has 6 nitrogen and oxygen atoms in total. The standard InChI is InChI=1S/C12H19ClN2O4S/c1-18-6-7-19-5-4-15-20(16,17)11-3-2-10(9-14)12(13)8-11/h2-3,8,15H,4-7,9,14H2,1H3. The SMILES string of the molecule is COCCOCCNS(=O)(=O)c1ccc(CN)c(Cl)c1. The number of hydrogen-bond donors (Lipinski definition) is 2. The van der Waals surface area contributed by atoms with Crippen LogP contribution in [-0.2, 0) is 26.0 Å². The summed E-state index contributed by atoms with van der Waals surface area (Å²) in [5, 5.41) is 0.340. The van der Waals surface area contributed by atoms with E-state index in [1.807, 2.05) is 0 Å². The molecule has 0 saturated heterocycles. The number of methoxy groups -OCH3 is 1. The van der Waals surface area contributed by atoms with Gasteiger partial charge >= 0.3 is 0 Å². The van der Waals surface area contributed by atoms with Crippen LogP contribution in [0, 0.1) is 0 Å². The topological polar surface area (TPSA) is 90.6 Å². The number of nitrogens with two attached hydrogens (primary N) is 1. The molecule has 0 spiro atoms. The summed E-state index contributed by atoms with van der Waals surface area (Å²) in [7, 11) is -2.02. The van der Waals surface area contributed by atoms with Crippen LogP contribution in [0.3, 0.4) is 0 Å². The van der Waals surface area contributed by atoms with Gasteiger partial charge in [0.15, 0.2) is 0 Å². The van der Waals surface area contributed by atoms with Gasteiger partial charge in [0.25, 0.3) is 0 Å². The van der Waals surface area contributed by atoms with Crippen molar-refractivity contribution in [3.05, 3.63) is 28.8 Å². The van der Waals surface area contributed by atoms with Gasteiger partial charge in [-0.2, -0.15) is 0 Å². The van der Waals surface area contributed by atoms with Crippen molar-refractivity contribution < 1.29 is 17.9 Å². The molecule has 0 fully saturated rings. The van der Waals surface area contributed by atoms with Gasteiger partial charge in [0.05, 0.1) is 24.7 Å². The number of hydrogen-bond acceptors (Lipinski definition) is 5. The first-order chi connectivity index (χ1) is 9.51. The van der Waals surface area contributed by atoms with Gasteiger partial charge in [0, 0.05) is 25.2 Å². The van der Waals surface area contributed by atoms with Crippen LogP contribution in [0.5, 0.6) is 0 Å². The Balaban J connectivity index is 2.54. The molecule has 0 heterocycles. The minimum absolute atomic E-state index is 0.108. The summed E-state index contributed by atoms with van der Waals surface area (Å²) in [5.41, 5.74) is 6.17. The zero-order chi connectivity index (χ0) is 15.0. The van der Waals surface area contributed by atoms with Crippen molar-refractivity contribution in [2.24, 2.45) is 5.73 Å². The molecule has 0 unspecified atom stereocenters. The molecule has 0 bridgehead atoms.